The highest BCUT2D eigenvalue weighted by Crippen LogP contribution is 2.24. The van der Waals surface area contributed by atoms with Crippen LogP contribution in [0.3, 0.4) is 0 Å². The van der Waals surface area contributed by atoms with Crippen molar-refractivity contribution in [3.8, 4) is 0 Å². The molecule has 1 N–H and O–H groups in total. The fraction of sp³-hybridized carbons (Fsp3) is 0.333. The van der Waals surface area contributed by atoms with E-state index in [0.717, 1.165) is 12.8 Å². The van der Waals surface area contributed by atoms with Gasteiger partial charge in [-0.1, -0.05) is 6.07 Å². The number of esters is 2. The van der Waals surface area contributed by atoms with Gasteiger partial charge in [-0.2, -0.15) is 0 Å². The Bertz CT molecular complexity index is 973. The van der Waals surface area contributed by atoms with Crippen LogP contribution in [-0.2, 0) is 26.1 Å². The van der Waals surface area contributed by atoms with E-state index in [1.54, 1.807) is 13.0 Å². The number of rotatable bonds is 7. The van der Waals surface area contributed by atoms with Gasteiger partial charge in [0.1, 0.15) is 6.61 Å². The molecule has 27 heavy (non-hydrogen) atoms. The number of nitrogens with one attached hydrogen (secondary N) is 1. The summed E-state index contributed by atoms with van der Waals surface area (Å²) >= 11 is 0. The Hall–Kier alpha value is -2.65. The maximum absolute atomic E-state index is 12.4. The van der Waals surface area contributed by atoms with Gasteiger partial charge in [0.05, 0.1) is 23.8 Å². The van der Waals surface area contributed by atoms with Gasteiger partial charge in [-0.05, 0) is 43.5 Å². The van der Waals surface area contributed by atoms with Crippen molar-refractivity contribution in [2.75, 3.05) is 7.11 Å². The number of carbonyl (C=O) groups is 2. The van der Waals surface area contributed by atoms with E-state index in [0.29, 0.717) is 11.1 Å². The van der Waals surface area contributed by atoms with E-state index >= 15 is 0 Å². The zero-order chi connectivity index (χ0) is 19.6. The van der Waals surface area contributed by atoms with Crippen molar-refractivity contribution in [1.29, 1.82) is 0 Å². The maximum atomic E-state index is 12.4. The Morgan fingerprint density at radius 1 is 1.22 bits per heavy atom. The predicted molar refractivity (Wildman–Crippen MR) is 93.7 cm³/mol. The van der Waals surface area contributed by atoms with Crippen molar-refractivity contribution in [2.24, 2.45) is 0 Å². The normalized spacial score (nSPS) is 14.0. The maximum Gasteiger partial charge on any atom is 0.374 e. The molecule has 0 spiro atoms. The number of ether oxygens (including phenoxy) is 2. The van der Waals surface area contributed by atoms with Gasteiger partial charge in [-0.3, -0.25) is 0 Å². The molecular formula is C18H19NO7S. The van der Waals surface area contributed by atoms with Crippen LogP contribution in [-0.4, -0.2) is 33.5 Å². The fourth-order valence-corrected chi connectivity index (χ4v) is 3.75. The Labute approximate surface area is 156 Å². The summed E-state index contributed by atoms with van der Waals surface area (Å²) in [6.45, 7) is 1.47. The van der Waals surface area contributed by atoms with Crippen LogP contribution < -0.4 is 4.72 Å². The monoisotopic (exact) mass is 393 g/mol. The molecule has 0 bridgehead atoms. The average molecular weight is 393 g/mol. The highest BCUT2D eigenvalue weighted by Gasteiger charge is 2.28. The molecule has 0 atom stereocenters. The molecule has 1 aromatic heterocycles. The first-order valence-corrected chi connectivity index (χ1v) is 9.75. The minimum absolute atomic E-state index is 0.00510. The van der Waals surface area contributed by atoms with E-state index < -0.39 is 22.0 Å². The van der Waals surface area contributed by atoms with Gasteiger partial charge in [-0.25, -0.2) is 22.7 Å². The molecule has 9 heteroatoms. The molecule has 0 saturated heterocycles. The van der Waals surface area contributed by atoms with Crippen LogP contribution in [0.4, 0.5) is 0 Å². The van der Waals surface area contributed by atoms with E-state index in [4.69, 9.17) is 9.15 Å². The summed E-state index contributed by atoms with van der Waals surface area (Å²) in [6, 6.07) is 5.74. The summed E-state index contributed by atoms with van der Waals surface area (Å²) in [6.07, 6.45) is 2.91. The van der Waals surface area contributed by atoms with Crippen LogP contribution in [0.15, 0.2) is 39.8 Å². The van der Waals surface area contributed by atoms with Crippen LogP contribution in [0, 0.1) is 6.92 Å². The first-order chi connectivity index (χ1) is 12.8. The van der Waals surface area contributed by atoms with Crippen LogP contribution >= 0.6 is 0 Å². The number of benzene rings is 1. The quantitative estimate of drug-likeness (QED) is 0.718. The van der Waals surface area contributed by atoms with E-state index in [2.05, 4.69) is 9.46 Å². The second-order valence-corrected chi connectivity index (χ2v) is 7.93. The van der Waals surface area contributed by atoms with E-state index in [-0.39, 0.29) is 28.9 Å². The van der Waals surface area contributed by atoms with Gasteiger partial charge in [0.15, 0.2) is 0 Å². The van der Waals surface area contributed by atoms with Crippen LogP contribution in [0.1, 0.15) is 44.9 Å². The smallest absolute Gasteiger partial charge is 0.374 e. The average Bonchev–Trinajstić information content (AvgIpc) is 3.31. The molecular weight excluding hydrogens is 374 g/mol. The summed E-state index contributed by atoms with van der Waals surface area (Å²) in [7, 11) is -2.47. The molecule has 144 valence electrons. The third-order valence-corrected chi connectivity index (χ3v) is 5.63. The molecule has 3 rings (SSSR count). The summed E-state index contributed by atoms with van der Waals surface area (Å²) in [5, 5.41) is 0. The summed E-state index contributed by atoms with van der Waals surface area (Å²) in [5.74, 6) is -1.43. The minimum atomic E-state index is -3.68. The van der Waals surface area contributed by atoms with Gasteiger partial charge in [0, 0.05) is 11.6 Å². The second-order valence-electron chi connectivity index (χ2n) is 6.21. The SMILES string of the molecule is COC(=O)c1occc1COC(=O)c1cc(S(=O)(=O)NC2CC2)ccc1C. The first-order valence-electron chi connectivity index (χ1n) is 8.26. The number of aryl methyl sites for hydroxylation is 1. The second kappa shape index (κ2) is 7.53. The number of carbonyl (C=O) groups excluding carboxylic acids is 2. The molecule has 2 aromatic rings. The van der Waals surface area contributed by atoms with Gasteiger partial charge in [-0.15, -0.1) is 0 Å². The van der Waals surface area contributed by atoms with Crippen LogP contribution in [0.2, 0.25) is 0 Å². The van der Waals surface area contributed by atoms with Gasteiger partial charge in [0.25, 0.3) is 0 Å². The lowest BCUT2D eigenvalue weighted by Gasteiger charge is -2.10. The highest BCUT2D eigenvalue weighted by molar-refractivity contribution is 7.89. The predicted octanol–water partition coefficient (Wildman–Crippen LogP) is 2.17. The molecule has 8 nitrogen and oxygen atoms in total. The lowest BCUT2D eigenvalue weighted by molar-refractivity contribution is 0.0452. The van der Waals surface area contributed by atoms with Crippen molar-refractivity contribution in [3.63, 3.8) is 0 Å². The summed E-state index contributed by atoms with van der Waals surface area (Å²) < 4.78 is 42.1. The lowest BCUT2D eigenvalue weighted by Crippen LogP contribution is -2.26. The topological polar surface area (TPSA) is 112 Å². The van der Waals surface area contributed by atoms with Crippen molar-refractivity contribution in [2.45, 2.75) is 37.3 Å². The molecule has 1 aliphatic rings. The Morgan fingerprint density at radius 3 is 2.63 bits per heavy atom. The van der Waals surface area contributed by atoms with Crippen molar-refractivity contribution in [1.82, 2.24) is 4.72 Å². The molecule has 1 aliphatic carbocycles. The molecule has 0 unspecified atom stereocenters. The lowest BCUT2D eigenvalue weighted by atomic mass is 10.1. The van der Waals surface area contributed by atoms with E-state index in [1.165, 1.54) is 31.6 Å². The van der Waals surface area contributed by atoms with Crippen molar-refractivity contribution < 1.29 is 31.9 Å². The largest absolute Gasteiger partial charge is 0.463 e. The third-order valence-electron chi connectivity index (χ3n) is 4.11. The standard InChI is InChI=1S/C18H19NO7S/c1-11-3-6-14(27(22,23)19-13-4-5-13)9-15(11)17(20)26-10-12-7-8-25-16(12)18(21)24-2/h3,6-9,13,19H,4-5,10H2,1-2H3. The summed E-state index contributed by atoms with van der Waals surface area (Å²) in [4.78, 5) is 24.0. The van der Waals surface area contributed by atoms with Gasteiger partial charge < -0.3 is 13.9 Å². The number of furan rings is 1. The molecule has 1 aromatic carbocycles. The Kier molecular flexibility index (Phi) is 5.33. The molecule has 0 aliphatic heterocycles. The molecule has 1 fully saturated rings. The Balaban J connectivity index is 1.76. The van der Waals surface area contributed by atoms with Crippen molar-refractivity contribution in [3.05, 3.63) is 53.0 Å². The third kappa shape index (κ3) is 4.37. The number of hydrogen-bond donors (Lipinski definition) is 1. The first kappa shape index (κ1) is 19.1. The molecule has 0 amide bonds. The van der Waals surface area contributed by atoms with E-state index in [1.807, 2.05) is 0 Å². The summed E-state index contributed by atoms with van der Waals surface area (Å²) in [5.41, 5.74) is 1.06. The highest BCUT2D eigenvalue weighted by atomic mass is 32.2. The number of methoxy groups -OCH3 is 1. The van der Waals surface area contributed by atoms with Gasteiger partial charge in [0.2, 0.25) is 15.8 Å². The van der Waals surface area contributed by atoms with E-state index in [9.17, 15) is 18.0 Å². The zero-order valence-electron chi connectivity index (χ0n) is 14.9. The molecule has 1 heterocycles. The zero-order valence-corrected chi connectivity index (χ0v) is 15.7. The fourth-order valence-electron chi connectivity index (χ4n) is 2.42. The van der Waals surface area contributed by atoms with Crippen molar-refractivity contribution >= 4 is 22.0 Å². The molecule has 0 radical (unpaired) electrons. The van der Waals surface area contributed by atoms with Gasteiger partial charge >= 0.3 is 11.9 Å². The van der Waals surface area contributed by atoms with Crippen LogP contribution in [0.25, 0.3) is 0 Å². The molecule has 1 saturated carbocycles. The number of sulfonamides is 1. The number of hydrogen-bond acceptors (Lipinski definition) is 7. The Morgan fingerprint density at radius 2 is 1.96 bits per heavy atom. The van der Waals surface area contributed by atoms with Crippen LogP contribution in [0.5, 0.6) is 0 Å². The minimum Gasteiger partial charge on any atom is -0.463 e.